The lowest BCUT2D eigenvalue weighted by atomic mass is 9.83. The van der Waals surface area contributed by atoms with Gasteiger partial charge in [-0.15, -0.1) is 0 Å². The average Bonchev–Trinajstić information content (AvgIpc) is 2.37. The van der Waals surface area contributed by atoms with Gasteiger partial charge in [-0.1, -0.05) is 15.9 Å². The van der Waals surface area contributed by atoms with E-state index in [1.54, 1.807) is 0 Å². The first-order chi connectivity index (χ1) is 9.39. The molecule has 1 aromatic carbocycles. The molecule has 1 aliphatic heterocycles. The SMILES string of the molecule is O=S(=O)(Cl)CC1(COc2ccc(Br)cc2)CCOCC1. The predicted molar refractivity (Wildman–Crippen MR) is 81.8 cm³/mol. The average molecular weight is 384 g/mol. The van der Waals surface area contributed by atoms with E-state index in [1.165, 1.54) is 0 Å². The smallest absolute Gasteiger partial charge is 0.233 e. The molecule has 1 fully saturated rings. The molecule has 0 spiro atoms. The maximum Gasteiger partial charge on any atom is 0.233 e. The minimum absolute atomic E-state index is 0.0819. The van der Waals surface area contributed by atoms with Crippen LogP contribution in [0.25, 0.3) is 0 Å². The van der Waals surface area contributed by atoms with Crippen LogP contribution in [0.3, 0.4) is 0 Å². The maximum absolute atomic E-state index is 11.4. The lowest BCUT2D eigenvalue weighted by Gasteiger charge is -2.35. The van der Waals surface area contributed by atoms with Gasteiger partial charge in [-0.2, -0.15) is 0 Å². The Bertz CT molecular complexity index is 538. The summed E-state index contributed by atoms with van der Waals surface area (Å²) in [6.45, 7) is 1.40. The van der Waals surface area contributed by atoms with Crippen molar-refractivity contribution in [3.63, 3.8) is 0 Å². The van der Waals surface area contributed by atoms with E-state index < -0.39 is 14.5 Å². The number of hydrogen-bond acceptors (Lipinski definition) is 4. The summed E-state index contributed by atoms with van der Waals surface area (Å²) >= 11 is 3.35. The molecule has 0 bridgehead atoms. The number of rotatable bonds is 5. The highest BCUT2D eigenvalue weighted by molar-refractivity contribution is 9.10. The molecule has 112 valence electrons. The van der Waals surface area contributed by atoms with Crippen molar-refractivity contribution in [3.05, 3.63) is 28.7 Å². The molecule has 0 radical (unpaired) electrons. The van der Waals surface area contributed by atoms with E-state index in [2.05, 4.69) is 15.9 Å². The van der Waals surface area contributed by atoms with Crippen LogP contribution in [0.2, 0.25) is 0 Å². The second kappa shape index (κ2) is 6.64. The monoisotopic (exact) mass is 382 g/mol. The molecular weight excluding hydrogens is 368 g/mol. The number of ether oxygens (including phenoxy) is 2. The van der Waals surface area contributed by atoms with Gasteiger partial charge in [-0.25, -0.2) is 8.42 Å². The number of hydrogen-bond donors (Lipinski definition) is 0. The van der Waals surface area contributed by atoms with Crippen LogP contribution in [-0.2, 0) is 13.8 Å². The van der Waals surface area contributed by atoms with Gasteiger partial charge in [0.05, 0.1) is 12.4 Å². The Morgan fingerprint density at radius 2 is 1.85 bits per heavy atom. The Morgan fingerprint density at radius 3 is 2.40 bits per heavy atom. The van der Waals surface area contributed by atoms with Crippen molar-refractivity contribution in [1.29, 1.82) is 0 Å². The van der Waals surface area contributed by atoms with Gasteiger partial charge >= 0.3 is 0 Å². The molecule has 4 nitrogen and oxygen atoms in total. The van der Waals surface area contributed by atoms with Gasteiger partial charge < -0.3 is 9.47 Å². The van der Waals surface area contributed by atoms with Crippen molar-refractivity contribution in [2.45, 2.75) is 12.8 Å². The summed E-state index contributed by atoms with van der Waals surface area (Å²) in [4.78, 5) is 0. The molecule has 0 aromatic heterocycles. The van der Waals surface area contributed by atoms with Gasteiger partial charge in [0.15, 0.2) is 0 Å². The van der Waals surface area contributed by atoms with Gasteiger partial charge in [-0.3, -0.25) is 0 Å². The van der Waals surface area contributed by atoms with Crippen LogP contribution in [0.5, 0.6) is 5.75 Å². The molecule has 1 aliphatic rings. The zero-order valence-electron chi connectivity index (χ0n) is 10.8. The summed E-state index contributed by atoms with van der Waals surface area (Å²) in [6.07, 6.45) is 1.27. The van der Waals surface area contributed by atoms with Crippen LogP contribution in [0.4, 0.5) is 0 Å². The van der Waals surface area contributed by atoms with E-state index in [1.807, 2.05) is 24.3 Å². The minimum atomic E-state index is -3.56. The first-order valence-corrected chi connectivity index (χ1v) is 9.54. The lowest BCUT2D eigenvalue weighted by molar-refractivity contribution is 0.00228. The molecule has 0 unspecified atom stereocenters. The Morgan fingerprint density at radius 1 is 1.25 bits per heavy atom. The highest BCUT2D eigenvalue weighted by atomic mass is 79.9. The highest BCUT2D eigenvalue weighted by Crippen LogP contribution is 2.34. The molecular formula is C13H16BrClO4S. The molecule has 2 rings (SSSR count). The summed E-state index contributed by atoms with van der Waals surface area (Å²) in [5.74, 6) is 0.632. The Labute approximate surface area is 132 Å². The summed E-state index contributed by atoms with van der Waals surface area (Å²) in [5, 5.41) is 0. The Kier molecular flexibility index (Phi) is 5.34. The molecule has 7 heteroatoms. The normalized spacial score (nSPS) is 18.7. The van der Waals surface area contributed by atoms with Crippen LogP contribution >= 0.6 is 26.6 Å². The fourth-order valence-corrected chi connectivity index (χ4v) is 4.33. The van der Waals surface area contributed by atoms with Crippen LogP contribution in [0.1, 0.15) is 12.8 Å². The van der Waals surface area contributed by atoms with Gasteiger partial charge in [0.2, 0.25) is 9.05 Å². The number of benzene rings is 1. The quantitative estimate of drug-likeness (QED) is 0.733. The fourth-order valence-electron chi connectivity index (χ4n) is 2.27. The molecule has 0 saturated carbocycles. The largest absolute Gasteiger partial charge is 0.493 e. The highest BCUT2D eigenvalue weighted by Gasteiger charge is 2.37. The Balaban J connectivity index is 2.06. The molecule has 0 N–H and O–H groups in total. The van der Waals surface area contributed by atoms with Crippen LogP contribution in [-0.4, -0.2) is 34.0 Å². The number of halogens is 2. The van der Waals surface area contributed by atoms with Crippen LogP contribution < -0.4 is 4.74 Å². The van der Waals surface area contributed by atoms with E-state index in [4.69, 9.17) is 20.2 Å². The van der Waals surface area contributed by atoms with Gasteiger partial charge in [0.1, 0.15) is 5.75 Å². The molecule has 1 saturated heterocycles. The first kappa shape index (κ1) is 16.1. The zero-order chi connectivity index (χ0) is 14.6. The first-order valence-electron chi connectivity index (χ1n) is 6.27. The third-order valence-corrected chi connectivity index (χ3v) is 5.20. The van der Waals surface area contributed by atoms with E-state index >= 15 is 0 Å². The van der Waals surface area contributed by atoms with Crippen molar-refractivity contribution >= 4 is 35.7 Å². The van der Waals surface area contributed by atoms with Crippen molar-refractivity contribution in [3.8, 4) is 5.75 Å². The van der Waals surface area contributed by atoms with Gasteiger partial charge in [0, 0.05) is 33.8 Å². The maximum atomic E-state index is 11.4. The minimum Gasteiger partial charge on any atom is -0.493 e. The standard InChI is InChI=1S/C13H16BrClO4S/c14-11-1-3-12(4-2-11)19-9-13(10-20(15,16)17)5-7-18-8-6-13/h1-4H,5-10H2. The Hall–Kier alpha value is -0.300. The summed E-state index contributed by atoms with van der Waals surface area (Å²) in [5.41, 5.74) is -0.466. The van der Waals surface area contributed by atoms with E-state index in [0.29, 0.717) is 38.4 Å². The van der Waals surface area contributed by atoms with E-state index in [-0.39, 0.29) is 5.75 Å². The van der Waals surface area contributed by atoms with E-state index in [9.17, 15) is 8.42 Å². The van der Waals surface area contributed by atoms with Crippen molar-refractivity contribution < 1.29 is 17.9 Å². The summed E-state index contributed by atoms with van der Waals surface area (Å²) < 4.78 is 34.9. The second-order valence-corrected chi connectivity index (χ2v) is 8.73. The van der Waals surface area contributed by atoms with Crippen LogP contribution in [0.15, 0.2) is 28.7 Å². The molecule has 0 atom stereocenters. The topological polar surface area (TPSA) is 52.6 Å². The molecule has 0 amide bonds. The van der Waals surface area contributed by atoms with Crippen LogP contribution in [0, 0.1) is 5.41 Å². The van der Waals surface area contributed by atoms with Gasteiger partial charge in [-0.05, 0) is 37.1 Å². The third-order valence-electron chi connectivity index (χ3n) is 3.39. The molecule has 0 aliphatic carbocycles. The lowest BCUT2D eigenvalue weighted by Crippen LogP contribution is -2.40. The third kappa shape index (κ3) is 4.91. The van der Waals surface area contributed by atoms with Crippen molar-refractivity contribution in [2.75, 3.05) is 25.6 Å². The summed E-state index contributed by atoms with van der Waals surface area (Å²) in [7, 11) is 1.86. The second-order valence-electron chi connectivity index (χ2n) is 5.04. The zero-order valence-corrected chi connectivity index (χ0v) is 14.0. The summed E-state index contributed by atoms with van der Waals surface area (Å²) in [6, 6.07) is 7.44. The van der Waals surface area contributed by atoms with E-state index in [0.717, 1.165) is 4.47 Å². The van der Waals surface area contributed by atoms with Crippen molar-refractivity contribution in [1.82, 2.24) is 0 Å². The molecule has 20 heavy (non-hydrogen) atoms. The predicted octanol–water partition coefficient (Wildman–Crippen LogP) is 3.19. The molecule has 1 heterocycles. The van der Waals surface area contributed by atoms with Crippen molar-refractivity contribution in [2.24, 2.45) is 5.41 Å². The molecule has 1 aromatic rings. The van der Waals surface area contributed by atoms with Gasteiger partial charge in [0.25, 0.3) is 0 Å². The fraction of sp³-hybridized carbons (Fsp3) is 0.538.